The highest BCUT2D eigenvalue weighted by Gasteiger charge is 2.56. The van der Waals surface area contributed by atoms with Gasteiger partial charge in [0.15, 0.2) is 0 Å². The second kappa shape index (κ2) is 7.11. The summed E-state index contributed by atoms with van der Waals surface area (Å²) in [6.45, 7) is 5.30. The lowest BCUT2D eigenvalue weighted by atomic mass is 10.3. The van der Waals surface area contributed by atoms with E-state index in [0.717, 1.165) is 0 Å². The van der Waals surface area contributed by atoms with Gasteiger partial charge in [-0.25, -0.2) is 9.46 Å². The molecular weight excluding hydrogens is 300 g/mol. The largest absolute Gasteiger partial charge is 0.460 e. The summed E-state index contributed by atoms with van der Waals surface area (Å²) in [5.74, 6) is -0.953. The Labute approximate surface area is 118 Å². The lowest BCUT2D eigenvalue weighted by Crippen LogP contribution is -2.36. The molecule has 0 bridgehead atoms. The van der Waals surface area contributed by atoms with Crippen LogP contribution in [0.1, 0.15) is 27.2 Å². The number of ether oxygens (including phenoxy) is 1. The van der Waals surface area contributed by atoms with Crippen LogP contribution in [0.5, 0.6) is 0 Å². The monoisotopic (exact) mass is 319 g/mol. The van der Waals surface area contributed by atoms with Crippen molar-refractivity contribution < 1.29 is 18.6 Å². The fraction of sp³-hybridized carbons (Fsp3) is 0.900. The lowest BCUT2D eigenvalue weighted by molar-refractivity contribution is -0.147. The highest BCUT2D eigenvalue weighted by atomic mass is 35.5. The predicted octanol–water partition coefficient (Wildman–Crippen LogP) is 3.25. The minimum Gasteiger partial charge on any atom is -0.460 e. The van der Waals surface area contributed by atoms with Crippen molar-refractivity contribution in [2.45, 2.75) is 37.4 Å². The number of rotatable bonds is 7. The molecule has 0 aromatic rings. The maximum Gasteiger partial charge on any atom is 0.354 e. The molecule has 0 N–H and O–H groups in total. The summed E-state index contributed by atoms with van der Waals surface area (Å²) in [5.41, 5.74) is 0. The van der Waals surface area contributed by atoms with Gasteiger partial charge in [-0.15, -0.1) is 0 Å². The fourth-order valence-corrected chi connectivity index (χ4v) is 3.89. The van der Waals surface area contributed by atoms with Crippen LogP contribution in [0.3, 0.4) is 0 Å². The van der Waals surface area contributed by atoms with Gasteiger partial charge in [-0.05, 0) is 34.4 Å². The van der Waals surface area contributed by atoms with Crippen LogP contribution in [-0.4, -0.2) is 41.5 Å². The zero-order valence-electron chi connectivity index (χ0n) is 11.3. The Kier molecular flexibility index (Phi) is 7.19. The van der Waals surface area contributed by atoms with Crippen LogP contribution in [-0.2, 0) is 18.6 Å². The maximum atomic E-state index is 12.6. The van der Waals surface area contributed by atoms with E-state index in [-0.39, 0.29) is 12.7 Å². The SMILES string of the molecule is CCOP(=O)(N(C)C)C(Cl)(Cl)C(=O)OC(C)CC. The quantitative estimate of drug-likeness (QED) is 0.409. The van der Waals surface area contributed by atoms with Crippen LogP contribution in [0.15, 0.2) is 0 Å². The van der Waals surface area contributed by atoms with Gasteiger partial charge in [-0.1, -0.05) is 30.1 Å². The van der Waals surface area contributed by atoms with Gasteiger partial charge in [0.25, 0.3) is 0 Å². The van der Waals surface area contributed by atoms with E-state index < -0.39 is 17.6 Å². The van der Waals surface area contributed by atoms with Crippen LogP contribution in [0.4, 0.5) is 0 Å². The summed E-state index contributed by atoms with van der Waals surface area (Å²) in [7, 11) is -0.770. The van der Waals surface area contributed by atoms with Crippen molar-refractivity contribution in [3.05, 3.63) is 0 Å². The second-order valence-electron chi connectivity index (χ2n) is 3.95. The average molecular weight is 320 g/mol. The molecule has 2 atom stereocenters. The van der Waals surface area contributed by atoms with Crippen molar-refractivity contribution in [3.8, 4) is 0 Å². The molecule has 0 saturated carbocycles. The number of esters is 1. The molecule has 0 radical (unpaired) electrons. The summed E-state index contributed by atoms with van der Waals surface area (Å²) in [6.07, 6.45) is 0.253. The number of nitrogens with zero attached hydrogens (tertiary/aromatic N) is 1. The van der Waals surface area contributed by atoms with Crippen molar-refractivity contribution >= 4 is 36.7 Å². The maximum absolute atomic E-state index is 12.6. The van der Waals surface area contributed by atoms with E-state index in [4.69, 9.17) is 32.5 Å². The van der Waals surface area contributed by atoms with E-state index in [2.05, 4.69) is 0 Å². The minimum absolute atomic E-state index is 0.118. The zero-order valence-corrected chi connectivity index (χ0v) is 13.7. The number of halogens is 2. The van der Waals surface area contributed by atoms with Gasteiger partial charge >= 0.3 is 17.6 Å². The van der Waals surface area contributed by atoms with Gasteiger partial charge in [-0.2, -0.15) is 0 Å². The first-order chi connectivity index (χ1) is 8.13. The molecule has 0 amide bonds. The molecule has 8 heteroatoms. The Bertz CT molecular complexity index is 336. The van der Waals surface area contributed by atoms with Crippen LogP contribution in [0, 0.1) is 0 Å². The molecule has 2 unspecified atom stereocenters. The molecule has 0 aliphatic rings. The van der Waals surface area contributed by atoms with Crippen molar-refractivity contribution in [2.24, 2.45) is 0 Å². The molecule has 0 aromatic heterocycles. The minimum atomic E-state index is -3.73. The van der Waals surface area contributed by atoms with Crippen molar-refractivity contribution in [1.29, 1.82) is 0 Å². The summed E-state index contributed by atoms with van der Waals surface area (Å²) in [5, 5.41) is 0. The first kappa shape index (κ1) is 18.2. The summed E-state index contributed by atoms with van der Waals surface area (Å²) in [6, 6.07) is 0. The van der Waals surface area contributed by atoms with Crippen molar-refractivity contribution in [1.82, 2.24) is 4.67 Å². The third-order valence-corrected chi connectivity index (χ3v) is 6.46. The topological polar surface area (TPSA) is 55.8 Å². The van der Waals surface area contributed by atoms with Crippen molar-refractivity contribution in [2.75, 3.05) is 20.7 Å². The molecule has 0 heterocycles. The molecule has 108 valence electrons. The molecule has 0 fully saturated rings. The molecule has 0 aliphatic heterocycles. The van der Waals surface area contributed by atoms with E-state index in [0.29, 0.717) is 6.42 Å². The molecule has 0 aromatic carbocycles. The molecule has 0 aliphatic carbocycles. The highest BCUT2D eigenvalue weighted by Crippen LogP contribution is 2.65. The van der Waals surface area contributed by atoms with Crippen molar-refractivity contribution in [3.63, 3.8) is 0 Å². The molecular formula is C10H20Cl2NO4P. The number of carbonyl (C=O) groups is 1. The average Bonchev–Trinajstić information content (AvgIpc) is 2.28. The number of hydrogen-bond acceptors (Lipinski definition) is 4. The normalized spacial score (nSPS) is 17.3. The molecule has 18 heavy (non-hydrogen) atoms. The molecule has 0 saturated heterocycles. The summed E-state index contributed by atoms with van der Waals surface area (Å²) < 4.78 is 21.7. The summed E-state index contributed by atoms with van der Waals surface area (Å²) in [4.78, 5) is 11.9. The third-order valence-electron chi connectivity index (χ3n) is 2.31. The van der Waals surface area contributed by atoms with Crippen LogP contribution in [0.25, 0.3) is 0 Å². The number of hydrogen-bond donors (Lipinski definition) is 0. The van der Waals surface area contributed by atoms with Gasteiger partial charge in [0.05, 0.1) is 12.7 Å². The van der Waals surface area contributed by atoms with Gasteiger partial charge in [0.2, 0.25) is 0 Å². The first-order valence-electron chi connectivity index (χ1n) is 5.64. The fourth-order valence-electron chi connectivity index (χ4n) is 1.08. The third kappa shape index (κ3) is 3.84. The van der Waals surface area contributed by atoms with Gasteiger partial charge in [-0.3, -0.25) is 4.57 Å². The predicted molar refractivity (Wildman–Crippen MR) is 73.2 cm³/mol. The van der Waals surface area contributed by atoms with E-state index >= 15 is 0 Å². The Balaban J connectivity index is 5.19. The van der Waals surface area contributed by atoms with Gasteiger partial charge in [0.1, 0.15) is 0 Å². The first-order valence-corrected chi connectivity index (χ1v) is 7.98. The van der Waals surface area contributed by atoms with Gasteiger partial charge < -0.3 is 9.26 Å². The Morgan fingerprint density at radius 2 is 1.89 bits per heavy atom. The molecule has 0 rings (SSSR count). The Morgan fingerprint density at radius 3 is 2.22 bits per heavy atom. The van der Waals surface area contributed by atoms with Gasteiger partial charge in [0, 0.05) is 0 Å². The van der Waals surface area contributed by atoms with Crippen LogP contribution >= 0.6 is 30.7 Å². The number of alkyl halides is 2. The van der Waals surface area contributed by atoms with E-state index in [1.807, 2.05) is 6.92 Å². The van der Waals surface area contributed by atoms with Crippen LogP contribution < -0.4 is 0 Å². The van der Waals surface area contributed by atoms with E-state index in [1.165, 1.54) is 18.8 Å². The standard InChI is InChI=1S/C10H20Cl2NO4P/c1-6-8(3)17-9(14)10(11,12)18(15,13(4)5)16-7-2/h8H,6-7H2,1-5H3. The highest BCUT2D eigenvalue weighted by molar-refractivity contribution is 7.64. The zero-order chi connectivity index (χ0) is 14.6. The van der Waals surface area contributed by atoms with Crippen LogP contribution in [0.2, 0.25) is 0 Å². The second-order valence-corrected chi connectivity index (χ2v) is 8.58. The molecule has 5 nitrogen and oxygen atoms in total. The Morgan fingerprint density at radius 1 is 1.39 bits per heavy atom. The van der Waals surface area contributed by atoms with E-state index in [9.17, 15) is 9.36 Å². The van der Waals surface area contributed by atoms with E-state index in [1.54, 1.807) is 13.8 Å². The smallest absolute Gasteiger partial charge is 0.354 e. The summed E-state index contributed by atoms with van der Waals surface area (Å²) >= 11 is 11.9. The number of carbonyl (C=O) groups excluding carboxylic acids is 1. The Hall–Kier alpha value is 0.200. The molecule has 0 spiro atoms. The lowest BCUT2D eigenvalue weighted by Gasteiger charge is -2.32.